The predicted molar refractivity (Wildman–Crippen MR) is 86.2 cm³/mol. The average Bonchev–Trinajstić information content (AvgIpc) is 3.15. The molecule has 5 nitrogen and oxygen atoms in total. The van der Waals surface area contributed by atoms with E-state index in [1.165, 1.54) is 0 Å². The first-order valence-electron chi connectivity index (χ1n) is 8.28. The Kier molecular flexibility index (Phi) is 3.77. The van der Waals surface area contributed by atoms with Crippen molar-refractivity contribution >= 4 is 5.91 Å². The van der Waals surface area contributed by atoms with Gasteiger partial charge in [0.05, 0.1) is 18.3 Å². The van der Waals surface area contributed by atoms with Gasteiger partial charge in [0.2, 0.25) is 5.91 Å². The van der Waals surface area contributed by atoms with Crippen LogP contribution in [0.2, 0.25) is 0 Å². The SMILES string of the molecule is O=C([C@H]1COc2ccccc2C1)N1CCC[C@@H](n2ccnc2)C1. The zero-order valence-corrected chi connectivity index (χ0v) is 13.1. The molecule has 4 rings (SSSR count). The summed E-state index contributed by atoms with van der Waals surface area (Å²) in [6, 6.07) is 8.35. The first kappa shape index (κ1) is 14.3. The third-order valence-corrected chi connectivity index (χ3v) is 4.88. The second kappa shape index (κ2) is 6.07. The highest BCUT2D eigenvalue weighted by Gasteiger charge is 2.32. The Hall–Kier alpha value is -2.30. The van der Waals surface area contributed by atoms with E-state index in [2.05, 4.69) is 15.6 Å². The van der Waals surface area contributed by atoms with Gasteiger partial charge in [-0.2, -0.15) is 0 Å². The lowest BCUT2D eigenvalue weighted by atomic mass is 9.94. The van der Waals surface area contributed by atoms with E-state index >= 15 is 0 Å². The summed E-state index contributed by atoms with van der Waals surface area (Å²) in [6.07, 6.45) is 8.55. The number of para-hydroxylation sites is 1. The summed E-state index contributed by atoms with van der Waals surface area (Å²) in [4.78, 5) is 19.0. The van der Waals surface area contributed by atoms with Gasteiger partial charge in [0.1, 0.15) is 12.4 Å². The maximum Gasteiger partial charge on any atom is 0.229 e. The molecule has 0 spiro atoms. The van der Waals surface area contributed by atoms with Crippen LogP contribution in [0.1, 0.15) is 24.4 Å². The van der Waals surface area contributed by atoms with Crippen molar-refractivity contribution in [1.82, 2.24) is 14.5 Å². The van der Waals surface area contributed by atoms with E-state index < -0.39 is 0 Å². The Morgan fingerprint density at radius 3 is 3.09 bits per heavy atom. The Bertz CT molecular complexity index is 683. The van der Waals surface area contributed by atoms with Crippen molar-refractivity contribution < 1.29 is 9.53 Å². The number of carbonyl (C=O) groups excluding carboxylic acids is 1. The summed E-state index contributed by atoms with van der Waals surface area (Å²) in [5.74, 6) is 1.09. The molecule has 1 aromatic carbocycles. The first-order valence-corrected chi connectivity index (χ1v) is 8.28. The zero-order valence-electron chi connectivity index (χ0n) is 13.1. The third kappa shape index (κ3) is 2.83. The highest BCUT2D eigenvalue weighted by molar-refractivity contribution is 5.80. The molecule has 120 valence electrons. The van der Waals surface area contributed by atoms with Crippen molar-refractivity contribution in [2.24, 2.45) is 5.92 Å². The lowest BCUT2D eigenvalue weighted by Gasteiger charge is -2.36. The molecule has 0 aliphatic carbocycles. The van der Waals surface area contributed by atoms with Gasteiger partial charge in [-0.25, -0.2) is 4.98 Å². The molecule has 2 aliphatic heterocycles. The van der Waals surface area contributed by atoms with Gasteiger partial charge in [0, 0.05) is 25.5 Å². The molecule has 1 amide bonds. The van der Waals surface area contributed by atoms with Crippen LogP contribution in [0.3, 0.4) is 0 Å². The molecular weight excluding hydrogens is 290 g/mol. The maximum absolute atomic E-state index is 12.9. The minimum atomic E-state index is -0.0635. The summed E-state index contributed by atoms with van der Waals surface area (Å²) >= 11 is 0. The quantitative estimate of drug-likeness (QED) is 0.855. The van der Waals surface area contributed by atoms with Gasteiger partial charge in [0.15, 0.2) is 0 Å². The van der Waals surface area contributed by atoms with Crippen molar-refractivity contribution in [3.63, 3.8) is 0 Å². The molecule has 0 radical (unpaired) electrons. The highest BCUT2D eigenvalue weighted by Crippen LogP contribution is 2.29. The summed E-state index contributed by atoms with van der Waals surface area (Å²) in [6.45, 7) is 2.11. The monoisotopic (exact) mass is 311 g/mol. The van der Waals surface area contributed by atoms with Crippen molar-refractivity contribution in [1.29, 1.82) is 0 Å². The van der Waals surface area contributed by atoms with Crippen molar-refractivity contribution in [3.05, 3.63) is 48.5 Å². The topological polar surface area (TPSA) is 47.4 Å². The molecule has 3 heterocycles. The van der Waals surface area contributed by atoms with Gasteiger partial charge >= 0.3 is 0 Å². The molecule has 0 N–H and O–H groups in total. The second-order valence-electron chi connectivity index (χ2n) is 6.41. The normalized spacial score (nSPS) is 23.9. The fourth-order valence-electron chi connectivity index (χ4n) is 3.63. The van der Waals surface area contributed by atoms with E-state index in [0.29, 0.717) is 12.6 Å². The molecule has 1 fully saturated rings. The smallest absolute Gasteiger partial charge is 0.229 e. The molecule has 23 heavy (non-hydrogen) atoms. The zero-order chi connectivity index (χ0) is 15.6. The van der Waals surface area contributed by atoms with Gasteiger partial charge in [0.25, 0.3) is 0 Å². The molecule has 0 saturated carbocycles. The van der Waals surface area contributed by atoms with Crippen LogP contribution in [-0.2, 0) is 11.2 Å². The largest absolute Gasteiger partial charge is 0.492 e. The summed E-state index contributed by atoms with van der Waals surface area (Å²) < 4.78 is 7.90. The number of hydrogen-bond acceptors (Lipinski definition) is 3. The van der Waals surface area contributed by atoms with E-state index in [1.54, 1.807) is 6.20 Å². The standard InChI is InChI=1S/C18H21N3O2/c22-18(15-10-14-4-1-2-6-17(14)23-12-15)20-8-3-5-16(11-20)21-9-7-19-13-21/h1-2,4,6-7,9,13,15-16H,3,5,8,10-12H2/t15-,16-/m1/s1. The number of fused-ring (bicyclic) bond motifs is 1. The number of benzene rings is 1. The van der Waals surface area contributed by atoms with Crippen molar-refractivity contribution in [2.75, 3.05) is 19.7 Å². The summed E-state index contributed by atoms with van der Waals surface area (Å²) in [7, 11) is 0. The number of amides is 1. The van der Waals surface area contributed by atoms with Crippen LogP contribution in [-0.4, -0.2) is 40.1 Å². The predicted octanol–water partition coefficient (Wildman–Crippen LogP) is 2.30. The molecule has 0 bridgehead atoms. The first-order chi connectivity index (χ1) is 11.3. The molecular formula is C18H21N3O2. The average molecular weight is 311 g/mol. The Labute approximate surface area is 135 Å². The van der Waals surface area contributed by atoms with Gasteiger partial charge in [-0.05, 0) is 30.9 Å². The highest BCUT2D eigenvalue weighted by atomic mass is 16.5. The molecule has 2 atom stereocenters. The number of hydrogen-bond donors (Lipinski definition) is 0. The Morgan fingerprint density at radius 1 is 1.30 bits per heavy atom. The molecule has 0 unspecified atom stereocenters. The number of ether oxygens (including phenoxy) is 1. The van der Waals surface area contributed by atoms with Gasteiger partial charge in [-0.1, -0.05) is 18.2 Å². The van der Waals surface area contributed by atoms with Crippen molar-refractivity contribution in [3.8, 4) is 5.75 Å². The fourth-order valence-corrected chi connectivity index (χ4v) is 3.63. The van der Waals surface area contributed by atoms with Gasteiger partial charge in [-0.15, -0.1) is 0 Å². The Balaban J connectivity index is 1.45. The van der Waals surface area contributed by atoms with E-state index in [1.807, 2.05) is 35.6 Å². The number of piperidine rings is 1. The third-order valence-electron chi connectivity index (χ3n) is 4.88. The number of carbonyl (C=O) groups is 1. The lowest BCUT2D eigenvalue weighted by Crippen LogP contribution is -2.46. The minimum absolute atomic E-state index is 0.0635. The van der Waals surface area contributed by atoms with Crippen LogP contribution in [0.5, 0.6) is 5.75 Å². The van der Waals surface area contributed by atoms with Crippen LogP contribution in [0, 0.1) is 5.92 Å². The molecule has 1 saturated heterocycles. The summed E-state index contributed by atoms with van der Waals surface area (Å²) in [5.41, 5.74) is 1.14. The van der Waals surface area contributed by atoms with Crippen LogP contribution < -0.4 is 4.74 Å². The van der Waals surface area contributed by atoms with Crippen LogP contribution in [0.25, 0.3) is 0 Å². The molecule has 2 aliphatic rings. The minimum Gasteiger partial charge on any atom is -0.492 e. The number of imidazole rings is 1. The number of aromatic nitrogens is 2. The van der Waals surface area contributed by atoms with Crippen LogP contribution >= 0.6 is 0 Å². The van der Waals surface area contributed by atoms with Crippen LogP contribution in [0.15, 0.2) is 43.0 Å². The molecule has 1 aromatic heterocycles. The van der Waals surface area contributed by atoms with Crippen molar-refractivity contribution in [2.45, 2.75) is 25.3 Å². The van der Waals surface area contributed by atoms with E-state index in [-0.39, 0.29) is 11.8 Å². The second-order valence-corrected chi connectivity index (χ2v) is 6.41. The van der Waals surface area contributed by atoms with E-state index in [9.17, 15) is 4.79 Å². The number of rotatable bonds is 2. The van der Waals surface area contributed by atoms with E-state index in [0.717, 1.165) is 43.7 Å². The number of likely N-dealkylation sites (tertiary alicyclic amines) is 1. The Morgan fingerprint density at radius 2 is 2.22 bits per heavy atom. The maximum atomic E-state index is 12.9. The van der Waals surface area contributed by atoms with Gasteiger partial charge < -0.3 is 14.2 Å². The van der Waals surface area contributed by atoms with E-state index in [4.69, 9.17) is 4.74 Å². The fraction of sp³-hybridized carbons (Fsp3) is 0.444. The van der Waals surface area contributed by atoms with Gasteiger partial charge in [-0.3, -0.25) is 4.79 Å². The number of nitrogens with zero attached hydrogens (tertiary/aromatic N) is 3. The molecule has 5 heteroatoms. The lowest BCUT2D eigenvalue weighted by molar-refractivity contribution is -0.138. The molecule has 2 aromatic rings. The summed E-state index contributed by atoms with van der Waals surface area (Å²) in [5, 5.41) is 0. The van der Waals surface area contributed by atoms with Crippen LogP contribution in [0.4, 0.5) is 0 Å².